The quantitative estimate of drug-likeness (QED) is 0.334. The number of benzene rings is 1. The van der Waals surface area contributed by atoms with Crippen molar-refractivity contribution in [1.29, 1.82) is 0 Å². The van der Waals surface area contributed by atoms with E-state index < -0.39 is 0 Å². The maximum atomic E-state index is 12.4. The van der Waals surface area contributed by atoms with Crippen molar-refractivity contribution >= 4 is 23.3 Å². The van der Waals surface area contributed by atoms with E-state index >= 15 is 0 Å². The summed E-state index contributed by atoms with van der Waals surface area (Å²) in [6, 6.07) is 4.38. The molecule has 0 radical (unpaired) electrons. The van der Waals surface area contributed by atoms with Gasteiger partial charge in [0.05, 0.1) is 5.56 Å². The molecule has 1 heterocycles. The summed E-state index contributed by atoms with van der Waals surface area (Å²) in [4.78, 5) is 14.0. The largest absolute Gasteiger partial charge is 0.507 e. The number of carbonyl (C=O) groups is 1. The number of halogens is 1. The summed E-state index contributed by atoms with van der Waals surface area (Å²) in [5, 5.41) is 21.9. The van der Waals surface area contributed by atoms with Gasteiger partial charge in [-0.15, -0.1) is 0 Å². The number of amides is 1. The first kappa shape index (κ1) is 14.5. The molecule has 20 heavy (non-hydrogen) atoms. The van der Waals surface area contributed by atoms with Crippen molar-refractivity contribution in [3.8, 4) is 5.75 Å². The molecule has 7 heteroatoms. The number of carbonyl (C=O) groups excluding carboxylic acids is 1. The second kappa shape index (κ2) is 6.00. The fraction of sp³-hybridized carbons (Fsp3) is 0.385. The van der Waals surface area contributed by atoms with Gasteiger partial charge in [0, 0.05) is 24.0 Å². The average Bonchev–Trinajstić information content (AvgIpc) is 2.46. The average molecular weight is 298 g/mol. The molecule has 1 aliphatic rings. The molecule has 0 aliphatic carbocycles. The zero-order valence-electron chi connectivity index (χ0n) is 10.8. The van der Waals surface area contributed by atoms with Crippen LogP contribution in [0.3, 0.4) is 0 Å². The summed E-state index contributed by atoms with van der Waals surface area (Å²) in [7, 11) is 0. The van der Waals surface area contributed by atoms with Gasteiger partial charge in [-0.25, -0.2) is 0 Å². The van der Waals surface area contributed by atoms with Crippen molar-refractivity contribution in [1.82, 2.24) is 4.90 Å². The van der Waals surface area contributed by atoms with Crippen LogP contribution in [0.25, 0.3) is 0 Å². The summed E-state index contributed by atoms with van der Waals surface area (Å²) in [5.74, 6) is -0.460. The molecule has 0 aromatic heterocycles. The Hall–Kier alpha value is -1.95. The lowest BCUT2D eigenvalue weighted by Gasteiger charge is -2.32. The number of nitrogens with zero attached hydrogens (tertiary/aromatic N) is 2. The molecule has 1 aromatic carbocycles. The Morgan fingerprint density at radius 1 is 1.50 bits per heavy atom. The van der Waals surface area contributed by atoms with E-state index in [9.17, 15) is 9.90 Å². The van der Waals surface area contributed by atoms with E-state index in [1.807, 2.05) is 0 Å². The minimum absolute atomic E-state index is 0.128. The number of amidine groups is 1. The Morgan fingerprint density at radius 3 is 2.90 bits per heavy atom. The van der Waals surface area contributed by atoms with Crippen LogP contribution in [0, 0.1) is 5.92 Å². The first-order valence-corrected chi connectivity index (χ1v) is 6.66. The van der Waals surface area contributed by atoms with Crippen LogP contribution in [0.2, 0.25) is 5.02 Å². The molecule has 1 saturated heterocycles. The number of aromatic hydroxyl groups is 1. The molecule has 6 nitrogen and oxygen atoms in total. The third kappa shape index (κ3) is 2.96. The zero-order chi connectivity index (χ0) is 14.7. The van der Waals surface area contributed by atoms with Gasteiger partial charge in [0.25, 0.3) is 5.91 Å². The first-order valence-electron chi connectivity index (χ1n) is 6.28. The van der Waals surface area contributed by atoms with Crippen molar-refractivity contribution in [2.45, 2.75) is 12.8 Å². The molecule has 4 N–H and O–H groups in total. The number of nitrogens with two attached hydrogens (primary N) is 1. The number of hydrogen-bond acceptors (Lipinski definition) is 4. The molecule has 1 unspecified atom stereocenters. The Balaban J connectivity index is 2.16. The molecule has 0 saturated carbocycles. The Bertz CT molecular complexity index is 548. The third-order valence-corrected chi connectivity index (χ3v) is 3.67. The topological polar surface area (TPSA) is 99.2 Å². The molecule has 0 bridgehead atoms. The highest BCUT2D eigenvalue weighted by molar-refractivity contribution is 6.30. The summed E-state index contributed by atoms with van der Waals surface area (Å²) in [6.45, 7) is 0.951. The summed E-state index contributed by atoms with van der Waals surface area (Å²) in [5.41, 5.74) is 5.80. The van der Waals surface area contributed by atoms with E-state index in [-0.39, 0.29) is 29.0 Å². The summed E-state index contributed by atoms with van der Waals surface area (Å²) < 4.78 is 0. The van der Waals surface area contributed by atoms with Crippen molar-refractivity contribution in [3.05, 3.63) is 28.8 Å². The lowest BCUT2D eigenvalue weighted by molar-refractivity contribution is 0.0698. The van der Waals surface area contributed by atoms with Crippen molar-refractivity contribution in [3.63, 3.8) is 0 Å². The fourth-order valence-corrected chi connectivity index (χ4v) is 2.51. The SMILES string of the molecule is NC(=NO)C1CCCN(C(=O)c2ccc(Cl)cc2O)C1. The highest BCUT2D eigenvalue weighted by Crippen LogP contribution is 2.25. The predicted octanol–water partition coefficient (Wildman–Crippen LogP) is 1.64. The number of likely N-dealkylation sites (tertiary alicyclic amines) is 1. The first-order chi connectivity index (χ1) is 9.52. The van der Waals surface area contributed by atoms with E-state index in [1.54, 1.807) is 11.0 Å². The maximum absolute atomic E-state index is 12.4. The molecule has 2 rings (SSSR count). The molecule has 0 spiro atoms. The second-order valence-electron chi connectivity index (χ2n) is 4.78. The molecule has 1 amide bonds. The smallest absolute Gasteiger partial charge is 0.257 e. The van der Waals surface area contributed by atoms with Crippen LogP contribution in [-0.4, -0.2) is 40.0 Å². The van der Waals surface area contributed by atoms with Gasteiger partial charge in [-0.1, -0.05) is 16.8 Å². The van der Waals surface area contributed by atoms with Gasteiger partial charge in [0.15, 0.2) is 0 Å². The minimum atomic E-state index is -0.283. The van der Waals surface area contributed by atoms with Crippen LogP contribution < -0.4 is 5.73 Å². The molecule has 1 atom stereocenters. The van der Waals surface area contributed by atoms with E-state index in [2.05, 4.69) is 5.16 Å². The highest BCUT2D eigenvalue weighted by atomic mass is 35.5. The van der Waals surface area contributed by atoms with E-state index in [0.29, 0.717) is 18.1 Å². The fourth-order valence-electron chi connectivity index (χ4n) is 2.34. The van der Waals surface area contributed by atoms with Crippen molar-refractivity contribution in [2.75, 3.05) is 13.1 Å². The highest BCUT2D eigenvalue weighted by Gasteiger charge is 2.28. The number of oxime groups is 1. The van der Waals surface area contributed by atoms with Crippen LogP contribution in [0.1, 0.15) is 23.2 Å². The predicted molar refractivity (Wildman–Crippen MR) is 75.2 cm³/mol. The van der Waals surface area contributed by atoms with Crippen molar-refractivity contribution < 1.29 is 15.1 Å². The molecule has 108 valence electrons. The molecular weight excluding hydrogens is 282 g/mol. The lowest BCUT2D eigenvalue weighted by Crippen LogP contribution is -2.44. The zero-order valence-corrected chi connectivity index (χ0v) is 11.5. The van der Waals surface area contributed by atoms with Crippen LogP contribution in [0.15, 0.2) is 23.4 Å². The van der Waals surface area contributed by atoms with Gasteiger partial charge in [-0.05, 0) is 31.0 Å². The van der Waals surface area contributed by atoms with Gasteiger partial charge in [0.1, 0.15) is 11.6 Å². The third-order valence-electron chi connectivity index (χ3n) is 3.43. The number of phenolic OH excluding ortho intramolecular Hbond substituents is 1. The molecule has 1 aliphatic heterocycles. The van der Waals surface area contributed by atoms with Gasteiger partial charge in [-0.3, -0.25) is 4.79 Å². The Morgan fingerprint density at radius 2 is 2.25 bits per heavy atom. The second-order valence-corrected chi connectivity index (χ2v) is 5.21. The van der Waals surface area contributed by atoms with Crippen LogP contribution >= 0.6 is 11.6 Å². The van der Waals surface area contributed by atoms with Crippen molar-refractivity contribution in [2.24, 2.45) is 16.8 Å². The lowest BCUT2D eigenvalue weighted by atomic mass is 9.96. The number of phenols is 1. The monoisotopic (exact) mass is 297 g/mol. The van der Waals surface area contributed by atoms with Gasteiger partial charge < -0.3 is 20.9 Å². The van der Waals surface area contributed by atoms with Gasteiger partial charge in [-0.2, -0.15) is 0 Å². The number of hydrogen-bond donors (Lipinski definition) is 3. The number of rotatable bonds is 2. The van der Waals surface area contributed by atoms with E-state index in [1.165, 1.54) is 12.1 Å². The summed E-state index contributed by atoms with van der Waals surface area (Å²) >= 11 is 5.75. The van der Waals surface area contributed by atoms with Crippen LogP contribution in [0.4, 0.5) is 0 Å². The Labute approximate surface area is 121 Å². The normalized spacial score (nSPS) is 19.9. The van der Waals surface area contributed by atoms with Crippen LogP contribution in [0.5, 0.6) is 5.75 Å². The maximum Gasteiger partial charge on any atom is 0.257 e. The van der Waals surface area contributed by atoms with Gasteiger partial charge in [0.2, 0.25) is 0 Å². The van der Waals surface area contributed by atoms with Gasteiger partial charge >= 0.3 is 0 Å². The summed E-state index contributed by atoms with van der Waals surface area (Å²) in [6.07, 6.45) is 1.53. The molecular formula is C13H16ClN3O3. The Kier molecular flexibility index (Phi) is 4.34. The minimum Gasteiger partial charge on any atom is -0.507 e. The standard InChI is InChI=1S/C13H16ClN3O3/c14-9-3-4-10(11(18)6-9)13(19)17-5-1-2-8(7-17)12(15)16-20/h3-4,6,8,18,20H,1-2,5,7H2,(H2,15,16). The van der Waals surface area contributed by atoms with Crippen LogP contribution in [-0.2, 0) is 0 Å². The number of piperidine rings is 1. The molecule has 1 aromatic rings. The molecule has 1 fully saturated rings. The van der Waals surface area contributed by atoms with E-state index in [4.69, 9.17) is 22.5 Å². The van der Waals surface area contributed by atoms with E-state index in [0.717, 1.165) is 12.8 Å².